The van der Waals surface area contributed by atoms with Crippen LogP contribution in [-0.4, -0.2) is 39.6 Å². The Hall–Kier alpha value is -1.73. The second-order valence-corrected chi connectivity index (χ2v) is 6.74. The summed E-state index contributed by atoms with van der Waals surface area (Å²) in [7, 11) is 0. The number of thiophene rings is 1. The second kappa shape index (κ2) is 5.81. The number of amides is 1. The van der Waals surface area contributed by atoms with Gasteiger partial charge < -0.3 is 9.84 Å². The summed E-state index contributed by atoms with van der Waals surface area (Å²) in [6, 6.07) is 2.64. The SMILES string of the molecule is O=C1CN(Cc2noc(-c3ccsc3)n2)[C@H]2CCCC[C@@H]2N1. The van der Waals surface area contributed by atoms with Gasteiger partial charge in [0.2, 0.25) is 5.91 Å². The molecule has 116 valence electrons. The van der Waals surface area contributed by atoms with Gasteiger partial charge >= 0.3 is 0 Å². The zero-order chi connectivity index (χ0) is 14.9. The smallest absolute Gasteiger partial charge is 0.258 e. The molecule has 0 aromatic carbocycles. The van der Waals surface area contributed by atoms with Crippen molar-refractivity contribution >= 4 is 17.2 Å². The first-order chi connectivity index (χ1) is 10.8. The van der Waals surface area contributed by atoms with E-state index in [1.165, 1.54) is 12.8 Å². The Bertz CT molecular complexity index is 654. The van der Waals surface area contributed by atoms with Crippen LogP contribution in [0.3, 0.4) is 0 Å². The van der Waals surface area contributed by atoms with E-state index in [4.69, 9.17) is 4.52 Å². The van der Waals surface area contributed by atoms with Gasteiger partial charge in [-0.05, 0) is 24.3 Å². The first kappa shape index (κ1) is 13.9. The van der Waals surface area contributed by atoms with Crippen LogP contribution in [0.5, 0.6) is 0 Å². The first-order valence-corrected chi connectivity index (χ1v) is 8.62. The fourth-order valence-electron chi connectivity index (χ4n) is 3.45. The molecule has 0 spiro atoms. The lowest BCUT2D eigenvalue weighted by atomic mass is 9.87. The van der Waals surface area contributed by atoms with Crippen molar-refractivity contribution in [2.24, 2.45) is 0 Å². The summed E-state index contributed by atoms with van der Waals surface area (Å²) in [5.74, 6) is 1.31. The van der Waals surface area contributed by atoms with Crippen LogP contribution in [0.15, 0.2) is 21.3 Å². The summed E-state index contributed by atoms with van der Waals surface area (Å²) < 4.78 is 5.33. The standard InChI is InChI=1S/C15H18N4O2S/c20-14-8-19(12-4-2-1-3-11(12)16-14)7-13-17-15(21-18-13)10-5-6-22-9-10/h5-6,9,11-12H,1-4,7-8H2,(H,16,20)/t11-,12-/m0/s1. The molecule has 3 heterocycles. The fourth-order valence-corrected chi connectivity index (χ4v) is 4.08. The van der Waals surface area contributed by atoms with Crippen LogP contribution in [0.25, 0.3) is 11.5 Å². The van der Waals surface area contributed by atoms with Gasteiger partial charge in [0, 0.05) is 17.5 Å². The van der Waals surface area contributed by atoms with Crippen molar-refractivity contribution in [1.82, 2.24) is 20.4 Å². The number of carbonyl (C=O) groups is 1. The van der Waals surface area contributed by atoms with Crippen molar-refractivity contribution in [1.29, 1.82) is 0 Å². The maximum absolute atomic E-state index is 11.9. The minimum absolute atomic E-state index is 0.102. The molecule has 6 nitrogen and oxygen atoms in total. The Morgan fingerprint density at radius 1 is 1.41 bits per heavy atom. The molecule has 2 aromatic heterocycles. The number of nitrogens with one attached hydrogen (secondary N) is 1. The van der Waals surface area contributed by atoms with Crippen molar-refractivity contribution < 1.29 is 9.32 Å². The monoisotopic (exact) mass is 318 g/mol. The highest BCUT2D eigenvalue weighted by Gasteiger charge is 2.36. The lowest BCUT2D eigenvalue weighted by molar-refractivity contribution is -0.128. The van der Waals surface area contributed by atoms with Crippen LogP contribution in [0.1, 0.15) is 31.5 Å². The van der Waals surface area contributed by atoms with E-state index in [-0.39, 0.29) is 11.9 Å². The predicted octanol–water partition coefficient (Wildman–Crippen LogP) is 2.04. The van der Waals surface area contributed by atoms with Crippen molar-refractivity contribution in [2.75, 3.05) is 6.54 Å². The largest absolute Gasteiger partial charge is 0.351 e. The summed E-state index contributed by atoms with van der Waals surface area (Å²) in [5.41, 5.74) is 0.954. The maximum Gasteiger partial charge on any atom is 0.258 e. The van der Waals surface area contributed by atoms with Gasteiger partial charge in [0.05, 0.1) is 18.7 Å². The molecule has 22 heavy (non-hydrogen) atoms. The molecule has 0 bridgehead atoms. The van der Waals surface area contributed by atoms with Gasteiger partial charge in [-0.3, -0.25) is 9.69 Å². The summed E-state index contributed by atoms with van der Waals surface area (Å²) in [6.45, 7) is 0.992. The van der Waals surface area contributed by atoms with E-state index < -0.39 is 0 Å². The molecule has 1 saturated heterocycles. The van der Waals surface area contributed by atoms with Gasteiger partial charge in [0.15, 0.2) is 5.82 Å². The lowest BCUT2D eigenvalue weighted by Crippen LogP contribution is -2.61. The highest BCUT2D eigenvalue weighted by molar-refractivity contribution is 7.08. The molecular formula is C15H18N4O2S. The normalized spacial score (nSPS) is 25.7. The topological polar surface area (TPSA) is 71.3 Å². The third-order valence-corrected chi connectivity index (χ3v) is 5.16. The van der Waals surface area contributed by atoms with E-state index in [1.54, 1.807) is 11.3 Å². The molecule has 2 fully saturated rings. The Labute approximate surface area is 132 Å². The van der Waals surface area contributed by atoms with Gasteiger partial charge in [0.25, 0.3) is 5.89 Å². The van der Waals surface area contributed by atoms with Crippen LogP contribution < -0.4 is 5.32 Å². The van der Waals surface area contributed by atoms with E-state index in [2.05, 4.69) is 20.4 Å². The van der Waals surface area contributed by atoms with Crippen LogP contribution in [0.2, 0.25) is 0 Å². The fraction of sp³-hybridized carbons (Fsp3) is 0.533. The third kappa shape index (κ3) is 2.66. The summed E-state index contributed by atoms with van der Waals surface area (Å²) in [5, 5.41) is 11.2. The number of aromatic nitrogens is 2. The van der Waals surface area contributed by atoms with Gasteiger partial charge in [0.1, 0.15) is 0 Å². The summed E-state index contributed by atoms with van der Waals surface area (Å²) >= 11 is 1.60. The highest BCUT2D eigenvalue weighted by Crippen LogP contribution is 2.27. The van der Waals surface area contributed by atoms with Crippen LogP contribution in [-0.2, 0) is 11.3 Å². The average Bonchev–Trinajstić information content (AvgIpc) is 3.17. The molecule has 2 aromatic rings. The molecule has 7 heteroatoms. The van der Waals surface area contributed by atoms with Crippen molar-refractivity contribution in [2.45, 2.75) is 44.3 Å². The first-order valence-electron chi connectivity index (χ1n) is 7.68. The minimum Gasteiger partial charge on any atom is -0.351 e. The number of hydrogen-bond donors (Lipinski definition) is 1. The van der Waals surface area contributed by atoms with E-state index in [0.29, 0.717) is 30.8 Å². The lowest BCUT2D eigenvalue weighted by Gasteiger charge is -2.43. The molecule has 2 aliphatic rings. The molecule has 4 rings (SSSR count). The van der Waals surface area contributed by atoms with Gasteiger partial charge in [-0.25, -0.2) is 0 Å². The number of rotatable bonds is 3. The quantitative estimate of drug-likeness (QED) is 0.938. The van der Waals surface area contributed by atoms with Crippen molar-refractivity contribution in [3.05, 3.63) is 22.7 Å². The van der Waals surface area contributed by atoms with E-state index in [1.807, 2.05) is 16.8 Å². The van der Waals surface area contributed by atoms with E-state index in [0.717, 1.165) is 18.4 Å². The second-order valence-electron chi connectivity index (χ2n) is 5.96. The van der Waals surface area contributed by atoms with Crippen LogP contribution in [0, 0.1) is 0 Å². The predicted molar refractivity (Wildman–Crippen MR) is 82.2 cm³/mol. The molecule has 0 radical (unpaired) electrons. The molecule has 2 atom stereocenters. The Morgan fingerprint density at radius 3 is 3.18 bits per heavy atom. The zero-order valence-corrected chi connectivity index (χ0v) is 13.0. The van der Waals surface area contributed by atoms with E-state index >= 15 is 0 Å². The molecule has 1 saturated carbocycles. The van der Waals surface area contributed by atoms with E-state index in [9.17, 15) is 4.79 Å². The number of carbonyl (C=O) groups excluding carboxylic acids is 1. The number of piperazine rings is 1. The zero-order valence-electron chi connectivity index (χ0n) is 12.2. The van der Waals surface area contributed by atoms with Crippen LogP contribution in [0.4, 0.5) is 0 Å². The number of hydrogen-bond acceptors (Lipinski definition) is 6. The maximum atomic E-state index is 11.9. The number of fused-ring (bicyclic) bond motifs is 1. The molecule has 1 N–H and O–H groups in total. The van der Waals surface area contributed by atoms with Crippen LogP contribution >= 0.6 is 11.3 Å². The summed E-state index contributed by atoms with van der Waals surface area (Å²) in [4.78, 5) is 18.6. The molecule has 1 aliphatic carbocycles. The average molecular weight is 318 g/mol. The van der Waals surface area contributed by atoms with Crippen molar-refractivity contribution in [3.8, 4) is 11.5 Å². The molecule has 1 amide bonds. The number of nitrogens with zero attached hydrogens (tertiary/aromatic N) is 3. The molecule has 0 unspecified atom stereocenters. The van der Waals surface area contributed by atoms with Gasteiger partial charge in [-0.2, -0.15) is 16.3 Å². The van der Waals surface area contributed by atoms with Gasteiger partial charge in [-0.15, -0.1) is 0 Å². The van der Waals surface area contributed by atoms with Crippen molar-refractivity contribution in [3.63, 3.8) is 0 Å². The Morgan fingerprint density at radius 2 is 2.32 bits per heavy atom. The highest BCUT2D eigenvalue weighted by atomic mass is 32.1. The Kier molecular flexibility index (Phi) is 3.67. The third-order valence-electron chi connectivity index (χ3n) is 4.47. The molecule has 1 aliphatic heterocycles. The summed E-state index contributed by atoms with van der Waals surface area (Å²) in [6.07, 6.45) is 4.61. The van der Waals surface area contributed by atoms with Gasteiger partial charge in [-0.1, -0.05) is 18.0 Å². The molecular weight excluding hydrogens is 300 g/mol. The Balaban J connectivity index is 1.51. The minimum atomic E-state index is 0.102.